The minimum atomic E-state index is -1.51. The normalized spacial score (nSPS) is 16.8. The summed E-state index contributed by atoms with van der Waals surface area (Å²) >= 11 is 0.872. The van der Waals surface area contributed by atoms with Crippen molar-refractivity contribution in [1.82, 2.24) is 4.98 Å². The molecule has 0 atom stereocenters. The number of carbonyl (C=O) groups is 1. The second-order valence-corrected chi connectivity index (χ2v) is 6.05. The second-order valence-electron chi connectivity index (χ2n) is 5.05. The van der Waals surface area contributed by atoms with Gasteiger partial charge in [0.15, 0.2) is 10.5 Å². The Morgan fingerprint density at radius 2 is 1.95 bits per heavy atom. The number of aromatic carboxylic acids is 1. The molecule has 0 aliphatic heterocycles. The average Bonchev–Trinajstić information content (AvgIpc) is 3.08. The standard InChI is InChI=1S/C15H14FNO3S/c16-15(8-4-5-9-15)14-17-12(11(21-14)13(18)19)20-10-6-2-1-3-7-10/h1-3,6-7H,4-5,8-9H2,(H,18,19). The molecule has 1 aromatic carbocycles. The van der Waals surface area contributed by atoms with Crippen molar-refractivity contribution < 1.29 is 19.0 Å². The molecule has 0 unspecified atom stereocenters. The van der Waals surface area contributed by atoms with E-state index in [1.807, 2.05) is 6.07 Å². The molecule has 3 rings (SSSR count). The van der Waals surface area contributed by atoms with E-state index in [1.165, 1.54) is 0 Å². The van der Waals surface area contributed by atoms with Crippen LogP contribution in [0.3, 0.4) is 0 Å². The van der Waals surface area contributed by atoms with Crippen molar-refractivity contribution in [2.45, 2.75) is 31.4 Å². The fourth-order valence-corrected chi connectivity index (χ4v) is 3.42. The Hall–Kier alpha value is -1.95. The van der Waals surface area contributed by atoms with Gasteiger partial charge in [0.1, 0.15) is 10.8 Å². The highest BCUT2D eigenvalue weighted by atomic mass is 32.1. The number of rotatable bonds is 4. The predicted octanol–water partition coefficient (Wildman–Crippen LogP) is 4.37. The first-order valence-corrected chi connectivity index (χ1v) is 7.56. The number of carboxylic acids is 1. The number of halogens is 1. The van der Waals surface area contributed by atoms with Crippen LogP contribution in [0.4, 0.5) is 4.39 Å². The molecule has 1 N–H and O–H groups in total. The molecule has 110 valence electrons. The van der Waals surface area contributed by atoms with Gasteiger partial charge in [-0.05, 0) is 37.8 Å². The number of thiazole rings is 1. The van der Waals surface area contributed by atoms with Crippen LogP contribution >= 0.6 is 11.3 Å². The van der Waals surface area contributed by atoms with Gasteiger partial charge in [-0.2, -0.15) is 0 Å². The van der Waals surface area contributed by atoms with Gasteiger partial charge >= 0.3 is 5.97 Å². The van der Waals surface area contributed by atoms with Gasteiger partial charge in [-0.15, -0.1) is 11.3 Å². The molecule has 0 spiro atoms. The third-order valence-corrected chi connectivity index (χ3v) is 4.73. The fourth-order valence-electron chi connectivity index (χ4n) is 2.45. The predicted molar refractivity (Wildman–Crippen MR) is 76.8 cm³/mol. The molecule has 21 heavy (non-hydrogen) atoms. The van der Waals surface area contributed by atoms with Crippen LogP contribution in [0.5, 0.6) is 11.6 Å². The summed E-state index contributed by atoms with van der Waals surface area (Å²) in [4.78, 5) is 15.4. The summed E-state index contributed by atoms with van der Waals surface area (Å²) < 4.78 is 20.2. The Balaban J connectivity index is 1.95. The van der Waals surface area contributed by atoms with Crippen LogP contribution in [0.2, 0.25) is 0 Å². The van der Waals surface area contributed by atoms with E-state index in [0.717, 1.165) is 24.2 Å². The Kier molecular flexibility index (Phi) is 3.63. The molecule has 4 nitrogen and oxygen atoms in total. The van der Waals surface area contributed by atoms with Crippen molar-refractivity contribution in [2.24, 2.45) is 0 Å². The molecule has 6 heteroatoms. The molecule has 1 aliphatic carbocycles. The van der Waals surface area contributed by atoms with Crippen molar-refractivity contribution in [3.05, 3.63) is 40.2 Å². The lowest BCUT2D eigenvalue weighted by atomic mass is 10.1. The maximum absolute atomic E-state index is 14.7. The third-order valence-electron chi connectivity index (χ3n) is 3.53. The van der Waals surface area contributed by atoms with Crippen molar-refractivity contribution in [2.75, 3.05) is 0 Å². The van der Waals surface area contributed by atoms with Crippen LogP contribution in [0, 0.1) is 0 Å². The van der Waals surface area contributed by atoms with E-state index in [4.69, 9.17) is 4.74 Å². The van der Waals surface area contributed by atoms with Gasteiger partial charge < -0.3 is 9.84 Å². The molecule has 0 saturated heterocycles. The zero-order valence-corrected chi connectivity index (χ0v) is 12.0. The van der Waals surface area contributed by atoms with E-state index in [0.29, 0.717) is 18.6 Å². The van der Waals surface area contributed by atoms with Crippen LogP contribution in [0.25, 0.3) is 0 Å². The highest BCUT2D eigenvalue weighted by molar-refractivity contribution is 7.14. The summed E-state index contributed by atoms with van der Waals surface area (Å²) in [7, 11) is 0. The molecule has 0 amide bonds. The maximum Gasteiger partial charge on any atom is 0.351 e. The Morgan fingerprint density at radius 3 is 2.57 bits per heavy atom. The van der Waals surface area contributed by atoms with E-state index >= 15 is 0 Å². The monoisotopic (exact) mass is 307 g/mol. The van der Waals surface area contributed by atoms with Crippen molar-refractivity contribution >= 4 is 17.3 Å². The molecule has 1 heterocycles. The van der Waals surface area contributed by atoms with Gasteiger partial charge in [0.05, 0.1) is 0 Å². The van der Waals surface area contributed by atoms with E-state index in [9.17, 15) is 14.3 Å². The first-order valence-electron chi connectivity index (χ1n) is 6.75. The Labute approximate surface area is 125 Å². The minimum Gasteiger partial charge on any atom is -0.477 e. The Bertz CT molecular complexity index is 650. The SMILES string of the molecule is O=C(O)c1sc(C2(F)CCCC2)nc1Oc1ccccc1. The summed E-state index contributed by atoms with van der Waals surface area (Å²) in [5, 5.41) is 9.46. The van der Waals surface area contributed by atoms with Crippen LogP contribution in [0.1, 0.15) is 40.4 Å². The first-order chi connectivity index (χ1) is 10.1. The summed E-state index contributed by atoms with van der Waals surface area (Å²) in [6.07, 6.45) is 2.38. The van der Waals surface area contributed by atoms with Crippen molar-refractivity contribution in [3.63, 3.8) is 0 Å². The van der Waals surface area contributed by atoms with Crippen LogP contribution in [-0.2, 0) is 5.67 Å². The lowest BCUT2D eigenvalue weighted by molar-refractivity contribution is 0.0699. The average molecular weight is 307 g/mol. The highest BCUT2D eigenvalue weighted by Crippen LogP contribution is 2.46. The lowest BCUT2D eigenvalue weighted by Gasteiger charge is -2.14. The van der Waals surface area contributed by atoms with E-state index in [2.05, 4.69) is 4.98 Å². The van der Waals surface area contributed by atoms with E-state index in [1.54, 1.807) is 24.3 Å². The van der Waals surface area contributed by atoms with Crippen molar-refractivity contribution in [1.29, 1.82) is 0 Å². The number of ether oxygens (including phenoxy) is 1. The van der Waals surface area contributed by atoms with Gasteiger partial charge in [0.25, 0.3) is 0 Å². The first kappa shape index (κ1) is 14.0. The molecular weight excluding hydrogens is 293 g/mol. The zero-order valence-electron chi connectivity index (χ0n) is 11.2. The van der Waals surface area contributed by atoms with Crippen molar-refractivity contribution in [3.8, 4) is 11.6 Å². The van der Waals surface area contributed by atoms with Crippen LogP contribution in [0.15, 0.2) is 30.3 Å². The highest BCUT2D eigenvalue weighted by Gasteiger charge is 2.40. The number of nitrogens with zero attached hydrogens (tertiary/aromatic N) is 1. The number of benzene rings is 1. The summed E-state index contributed by atoms with van der Waals surface area (Å²) in [6, 6.07) is 8.77. The van der Waals surface area contributed by atoms with Crippen LogP contribution in [-0.4, -0.2) is 16.1 Å². The fraction of sp³-hybridized carbons (Fsp3) is 0.333. The molecule has 1 fully saturated rings. The molecular formula is C15H14FNO3S. The number of para-hydroxylation sites is 1. The molecule has 1 aliphatic rings. The molecule has 0 bridgehead atoms. The minimum absolute atomic E-state index is 0.0300. The second kappa shape index (κ2) is 5.44. The zero-order chi connectivity index (χ0) is 14.9. The number of aromatic nitrogens is 1. The van der Waals surface area contributed by atoms with Gasteiger partial charge in [0, 0.05) is 0 Å². The van der Waals surface area contributed by atoms with E-state index in [-0.39, 0.29) is 15.8 Å². The van der Waals surface area contributed by atoms with Gasteiger partial charge in [0.2, 0.25) is 5.88 Å². The lowest BCUT2D eigenvalue weighted by Crippen LogP contribution is -2.14. The van der Waals surface area contributed by atoms with Crippen LogP contribution < -0.4 is 4.74 Å². The number of carboxylic acid groups (broad SMARTS) is 1. The topological polar surface area (TPSA) is 59.4 Å². The van der Waals surface area contributed by atoms with E-state index < -0.39 is 11.6 Å². The summed E-state index contributed by atoms with van der Waals surface area (Å²) in [6.45, 7) is 0. The largest absolute Gasteiger partial charge is 0.477 e. The summed E-state index contributed by atoms with van der Waals surface area (Å²) in [5.41, 5.74) is -1.51. The maximum atomic E-state index is 14.7. The number of hydrogen-bond acceptors (Lipinski definition) is 4. The Morgan fingerprint density at radius 1 is 1.29 bits per heavy atom. The molecule has 0 radical (unpaired) electrons. The third kappa shape index (κ3) is 2.76. The summed E-state index contributed by atoms with van der Waals surface area (Å²) in [5.74, 6) is -0.694. The molecule has 1 saturated carbocycles. The van der Waals surface area contributed by atoms with Gasteiger partial charge in [-0.1, -0.05) is 18.2 Å². The quantitative estimate of drug-likeness (QED) is 0.911. The molecule has 1 aromatic heterocycles. The number of hydrogen-bond donors (Lipinski definition) is 1. The molecule has 2 aromatic rings. The number of alkyl halides is 1. The smallest absolute Gasteiger partial charge is 0.351 e. The van der Waals surface area contributed by atoms with Gasteiger partial charge in [-0.3, -0.25) is 0 Å². The van der Waals surface area contributed by atoms with Gasteiger partial charge in [-0.25, -0.2) is 14.2 Å².